The van der Waals surface area contributed by atoms with Gasteiger partial charge in [-0.25, -0.2) is 0 Å². The molecule has 0 aliphatic heterocycles. The highest BCUT2D eigenvalue weighted by Gasteiger charge is 2.16. The highest BCUT2D eigenvalue weighted by molar-refractivity contribution is 6.31. The van der Waals surface area contributed by atoms with Gasteiger partial charge in [0.15, 0.2) is 0 Å². The van der Waals surface area contributed by atoms with E-state index in [2.05, 4.69) is 114 Å². The average Bonchev–Trinajstić information content (AvgIpc) is 3.31. The molecule has 0 spiro atoms. The van der Waals surface area contributed by atoms with Crippen LogP contribution >= 0.6 is 11.6 Å². The summed E-state index contributed by atoms with van der Waals surface area (Å²) < 4.78 is 6.23. The fraction of sp³-hybridized carbons (Fsp3) is 0. The van der Waals surface area contributed by atoms with Gasteiger partial charge in [-0.3, -0.25) is 0 Å². The lowest BCUT2D eigenvalue weighted by atomic mass is 10.0. The van der Waals surface area contributed by atoms with Crippen molar-refractivity contribution in [3.05, 3.63) is 138 Å². The normalized spacial score (nSPS) is 11.4. The van der Waals surface area contributed by atoms with Gasteiger partial charge < -0.3 is 9.32 Å². The fourth-order valence-electron chi connectivity index (χ4n) is 5.08. The molecular weight excluding hydrogens is 474 g/mol. The summed E-state index contributed by atoms with van der Waals surface area (Å²) in [5, 5.41) is 5.23. The van der Waals surface area contributed by atoms with Gasteiger partial charge in [0.2, 0.25) is 0 Å². The number of anilines is 3. The van der Waals surface area contributed by atoms with E-state index < -0.39 is 0 Å². The predicted octanol–water partition coefficient (Wildman–Crippen LogP) is 10.5. The van der Waals surface area contributed by atoms with Crippen molar-refractivity contribution in [1.82, 2.24) is 0 Å². The Balaban J connectivity index is 1.39. The quantitative estimate of drug-likeness (QED) is 0.241. The van der Waals surface area contributed by atoms with Crippen LogP contribution in [0.1, 0.15) is 0 Å². The van der Waals surface area contributed by atoms with Crippen LogP contribution in [0.3, 0.4) is 0 Å². The molecule has 0 bridgehead atoms. The molecule has 0 saturated heterocycles. The Morgan fingerprint density at radius 2 is 1.05 bits per heavy atom. The number of nitrogens with zero attached hydrogens (tertiary/aromatic N) is 1. The summed E-state index contributed by atoms with van der Waals surface area (Å²) in [6, 6.07) is 46.4. The molecule has 1 aromatic heterocycles. The third-order valence-corrected chi connectivity index (χ3v) is 7.14. The van der Waals surface area contributed by atoms with Crippen molar-refractivity contribution in [2.24, 2.45) is 0 Å². The smallest absolute Gasteiger partial charge is 0.137 e. The van der Waals surface area contributed by atoms with E-state index in [4.69, 9.17) is 16.0 Å². The maximum atomic E-state index is 6.23. The van der Waals surface area contributed by atoms with Crippen molar-refractivity contribution in [2.45, 2.75) is 0 Å². The van der Waals surface area contributed by atoms with Crippen molar-refractivity contribution in [2.75, 3.05) is 4.90 Å². The highest BCUT2D eigenvalue weighted by atomic mass is 35.5. The second-order valence-electron chi connectivity index (χ2n) is 9.20. The first kappa shape index (κ1) is 21.7. The van der Waals surface area contributed by atoms with Crippen molar-refractivity contribution in [3.8, 4) is 11.1 Å². The second kappa shape index (κ2) is 8.85. The van der Waals surface area contributed by atoms with Gasteiger partial charge in [-0.2, -0.15) is 0 Å². The fourth-order valence-corrected chi connectivity index (χ4v) is 5.24. The van der Waals surface area contributed by atoms with E-state index in [1.165, 1.54) is 21.9 Å². The molecule has 0 N–H and O–H groups in total. The highest BCUT2D eigenvalue weighted by Crippen LogP contribution is 2.40. The number of halogens is 1. The molecule has 0 amide bonds. The third kappa shape index (κ3) is 3.92. The number of benzene rings is 6. The Morgan fingerprint density at radius 1 is 0.459 bits per heavy atom. The Kier molecular flexibility index (Phi) is 5.20. The molecule has 37 heavy (non-hydrogen) atoms. The van der Waals surface area contributed by atoms with Crippen LogP contribution in [-0.2, 0) is 0 Å². The van der Waals surface area contributed by atoms with Gasteiger partial charge in [-0.15, -0.1) is 0 Å². The summed E-state index contributed by atoms with van der Waals surface area (Å²) in [6.45, 7) is 0. The standard InChI is InChI=1S/C34H22ClNO/c35-27-13-18-31-32-19-17-30(22-34(32)37-33(31)21-27)36(29-16-12-24-8-4-5-9-26(24)20-29)28-14-10-25(11-15-28)23-6-2-1-3-7-23/h1-22H. The monoisotopic (exact) mass is 495 g/mol. The second-order valence-corrected chi connectivity index (χ2v) is 9.64. The molecule has 1 heterocycles. The Morgan fingerprint density at radius 3 is 1.86 bits per heavy atom. The van der Waals surface area contributed by atoms with Crippen molar-refractivity contribution < 1.29 is 4.42 Å². The zero-order chi connectivity index (χ0) is 24.8. The molecule has 3 heteroatoms. The van der Waals surface area contributed by atoms with Crippen LogP contribution in [-0.4, -0.2) is 0 Å². The summed E-state index contributed by atoms with van der Waals surface area (Å²) >= 11 is 6.22. The van der Waals surface area contributed by atoms with Crippen molar-refractivity contribution in [1.29, 1.82) is 0 Å². The first-order valence-electron chi connectivity index (χ1n) is 12.3. The van der Waals surface area contributed by atoms with E-state index >= 15 is 0 Å². The number of fused-ring (bicyclic) bond motifs is 4. The molecule has 0 radical (unpaired) electrons. The molecule has 0 unspecified atom stereocenters. The van der Waals surface area contributed by atoms with Crippen LogP contribution in [0.5, 0.6) is 0 Å². The molecule has 176 valence electrons. The van der Waals surface area contributed by atoms with Gasteiger partial charge in [0.25, 0.3) is 0 Å². The summed E-state index contributed by atoms with van der Waals surface area (Å²) in [5.74, 6) is 0. The summed E-state index contributed by atoms with van der Waals surface area (Å²) in [5.41, 5.74) is 7.21. The first-order chi connectivity index (χ1) is 18.2. The Labute approximate surface area is 220 Å². The molecule has 7 rings (SSSR count). The Hall–Kier alpha value is -4.53. The maximum absolute atomic E-state index is 6.23. The van der Waals surface area contributed by atoms with Gasteiger partial charge in [0.05, 0.1) is 0 Å². The summed E-state index contributed by atoms with van der Waals surface area (Å²) in [6.07, 6.45) is 0. The van der Waals surface area contributed by atoms with Crippen LogP contribution in [0.25, 0.3) is 43.8 Å². The van der Waals surface area contributed by atoms with Gasteiger partial charge in [-0.05, 0) is 70.4 Å². The van der Waals surface area contributed by atoms with Gasteiger partial charge in [0.1, 0.15) is 11.2 Å². The lowest BCUT2D eigenvalue weighted by Gasteiger charge is -2.26. The minimum absolute atomic E-state index is 0.670. The van der Waals surface area contributed by atoms with E-state index in [0.29, 0.717) is 5.02 Å². The predicted molar refractivity (Wildman–Crippen MR) is 156 cm³/mol. The average molecular weight is 496 g/mol. The van der Waals surface area contributed by atoms with Gasteiger partial charge >= 0.3 is 0 Å². The molecule has 0 fully saturated rings. The zero-order valence-electron chi connectivity index (χ0n) is 19.9. The third-order valence-electron chi connectivity index (χ3n) is 6.90. The van der Waals surface area contributed by atoms with E-state index in [9.17, 15) is 0 Å². The lowest BCUT2D eigenvalue weighted by Crippen LogP contribution is -2.09. The van der Waals surface area contributed by atoms with Crippen LogP contribution in [0, 0.1) is 0 Å². The minimum atomic E-state index is 0.670. The number of hydrogen-bond donors (Lipinski definition) is 0. The van der Waals surface area contributed by atoms with Crippen LogP contribution in [0.4, 0.5) is 17.1 Å². The number of hydrogen-bond acceptors (Lipinski definition) is 2. The molecule has 0 atom stereocenters. The minimum Gasteiger partial charge on any atom is -0.456 e. The van der Waals surface area contributed by atoms with Crippen LogP contribution in [0.15, 0.2) is 138 Å². The zero-order valence-corrected chi connectivity index (χ0v) is 20.7. The van der Waals surface area contributed by atoms with Crippen LogP contribution in [0.2, 0.25) is 5.02 Å². The molecular formula is C34H22ClNO. The van der Waals surface area contributed by atoms with E-state index in [-0.39, 0.29) is 0 Å². The van der Waals surface area contributed by atoms with Gasteiger partial charge in [0, 0.05) is 45.0 Å². The molecule has 7 aromatic rings. The van der Waals surface area contributed by atoms with Crippen molar-refractivity contribution >= 4 is 61.4 Å². The lowest BCUT2D eigenvalue weighted by molar-refractivity contribution is 0.669. The van der Waals surface area contributed by atoms with Gasteiger partial charge in [-0.1, -0.05) is 84.4 Å². The largest absolute Gasteiger partial charge is 0.456 e. The summed E-state index contributed by atoms with van der Waals surface area (Å²) in [7, 11) is 0. The molecule has 0 saturated carbocycles. The maximum Gasteiger partial charge on any atom is 0.137 e. The van der Waals surface area contributed by atoms with Crippen molar-refractivity contribution in [3.63, 3.8) is 0 Å². The molecule has 6 aromatic carbocycles. The number of furan rings is 1. The van der Waals surface area contributed by atoms with E-state index in [1.807, 2.05) is 24.3 Å². The van der Waals surface area contributed by atoms with E-state index in [0.717, 1.165) is 39.0 Å². The van der Waals surface area contributed by atoms with Crippen LogP contribution < -0.4 is 4.90 Å². The molecule has 2 nitrogen and oxygen atoms in total. The topological polar surface area (TPSA) is 16.4 Å². The Bertz CT molecular complexity index is 1890. The SMILES string of the molecule is Clc1ccc2c(c1)oc1cc(N(c3ccc(-c4ccccc4)cc3)c3ccc4ccccc4c3)ccc12. The molecule has 0 aliphatic rings. The summed E-state index contributed by atoms with van der Waals surface area (Å²) in [4.78, 5) is 2.28. The molecule has 0 aliphatic carbocycles. The number of rotatable bonds is 4. The first-order valence-corrected chi connectivity index (χ1v) is 12.7. The van der Waals surface area contributed by atoms with E-state index in [1.54, 1.807) is 0 Å².